The van der Waals surface area contributed by atoms with Gasteiger partial charge in [-0.2, -0.15) is 0 Å². The van der Waals surface area contributed by atoms with Crippen molar-refractivity contribution in [1.29, 1.82) is 0 Å². The molecule has 1 aromatic carbocycles. The number of morpholine rings is 1. The number of ether oxygens (including phenoxy) is 1. The third kappa shape index (κ3) is 7.57. The molecule has 1 aliphatic rings. The summed E-state index contributed by atoms with van der Waals surface area (Å²) < 4.78 is 44.9. The second-order valence-corrected chi connectivity index (χ2v) is 9.08. The highest BCUT2D eigenvalue weighted by molar-refractivity contribution is 7.18. The summed E-state index contributed by atoms with van der Waals surface area (Å²) in [4.78, 5) is 50.6. The minimum Gasteiger partial charge on any atom is -0.370 e. The van der Waals surface area contributed by atoms with Gasteiger partial charge in [-0.05, 0) is 30.3 Å². The molecule has 10 nitrogen and oxygen atoms in total. The molecular weight excluding hydrogens is 527 g/mol. The first-order valence-corrected chi connectivity index (χ1v) is 11.7. The van der Waals surface area contributed by atoms with Gasteiger partial charge in [-0.3, -0.25) is 14.4 Å². The highest BCUT2D eigenvalue weighted by Crippen LogP contribution is 2.24. The van der Waals surface area contributed by atoms with E-state index in [1.165, 1.54) is 29.2 Å². The second kappa shape index (κ2) is 12.6. The first-order chi connectivity index (χ1) is 17.1. The van der Waals surface area contributed by atoms with Crippen molar-refractivity contribution in [1.82, 2.24) is 16.0 Å². The number of thiophene rings is 1. The van der Waals surface area contributed by atoms with Crippen LogP contribution in [0.4, 0.5) is 29.3 Å². The number of carbonyl (C=O) groups excluding carboxylic acids is 4. The molecule has 15 heteroatoms. The molecule has 194 valence electrons. The van der Waals surface area contributed by atoms with Crippen LogP contribution in [0.25, 0.3) is 0 Å². The molecule has 1 fully saturated rings. The van der Waals surface area contributed by atoms with E-state index in [1.807, 2.05) is 5.32 Å². The number of nitrogens with zero attached hydrogens (tertiary/aromatic N) is 1. The van der Waals surface area contributed by atoms with E-state index in [0.717, 1.165) is 17.4 Å². The number of hydrogen-bond acceptors (Lipinski definition) is 6. The molecule has 0 saturated carbocycles. The van der Waals surface area contributed by atoms with Crippen molar-refractivity contribution in [3.05, 3.63) is 45.4 Å². The van der Waals surface area contributed by atoms with Crippen LogP contribution in [0.5, 0.6) is 0 Å². The van der Waals surface area contributed by atoms with Crippen LogP contribution in [0.3, 0.4) is 0 Å². The number of rotatable bonds is 9. The molecule has 1 saturated heterocycles. The normalized spacial score (nSPS) is 14.4. The Bertz CT molecular complexity index is 1140. The first-order valence-electron chi connectivity index (χ1n) is 10.5. The minimum absolute atomic E-state index is 0.134. The predicted molar refractivity (Wildman–Crippen MR) is 126 cm³/mol. The van der Waals surface area contributed by atoms with E-state index in [0.29, 0.717) is 4.34 Å². The van der Waals surface area contributed by atoms with Gasteiger partial charge < -0.3 is 30.9 Å². The lowest BCUT2D eigenvalue weighted by atomic mass is 10.2. The van der Waals surface area contributed by atoms with Gasteiger partial charge >= 0.3 is 6.03 Å². The summed E-state index contributed by atoms with van der Waals surface area (Å²) in [5, 5.41) is 8.77. The van der Waals surface area contributed by atoms with Crippen molar-refractivity contribution in [2.24, 2.45) is 0 Å². The van der Waals surface area contributed by atoms with Crippen LogP contribution >= 0.6 is 22.9 Å². The molecule has 0 spiro atoms. The molecule has 0 aliphatic carbocycles. The van der Waals surface area contributed by atoms with Gasteiger partial charge in [-0.15, -0.1) is 11.3 Å². The molecule has 0 unspecified atom stereocenters. The van der Waals surface area contributed by atoms with E-state index >= 15 is 0 Å². The SMILES string of the molecule is O=C(NCC(F)F)N[C@H](CNC(=O)c1ccc(Cl)s1)C(=O)Nc1ccc(N2CCOCC2=O)cc1F. The highest BCUT2D eigenvalue weighted by Gasteiger charge is 2.25. The van der Waals surface area contributed by atoms with Crippen molar-refractivity contribution < 1.29 is 37.1 Å². The van der Waals surface area contributed by atoms with E-state index in [9.17, 15) is 32.3 Å². The fraction of sp³-hybridized carbons (Fsp3) is 0.333. The first kappa shape index (κ1) is 27.2. The molecule has 2 heterocycles. The molecule has 0 bridgehead atoms. The Morgan fingerprint density at radius 1 is 1.14 bits per heavy atom. The third-order valence-corrected chi connectivity index (χ3v) is 6.04. The molecule has 1 aliphatic heterocycles. The zero-order valence-electron chi connectivity index (χ0n) is 18.5. The van der Waals surface area contributed by atoms with E-state index in [2.05, 4.69) is 16.0 Å². The quantitative estimate of drug-likeness (QED) is 0.383. The topological polar surface area (TPSA) is 129 Å². The summed E-state index contributed by atoms with van der Waals surface area (Å²) in [6, 6.07) is 4.11. The van der Waals surface area contributed by atoms with Crippen LogP contribution in [-0.4, -0.2) is 69.1 Å². The number of carbonyl (C=O) groups is 4. The zero-order chi connectivity index (χ0) is 26.2. The molecule has 3 rings (SSSR count). The Morgan fingerprint density at radius 2 is 1.92 bits per heavy atom. The number of amides is 5. The summed E-state index contributed by atoms with van der Waals surface area (Å²) in [6.45, 7) is -1.01. The number of benzene rings is 1. The van der Waals surface area contributed by atoms with Gasteiger partial charge in [0.25, 0.3) is 18.2 Å². The predicted octanol–water partition coefficient (Wildman–Crippen LogP) is 2.21. The van der Waals surface area contributed by atoms with Gasteiger partial charge in [0.15, 0.2) is 0 Å². The van der Waals surface area contributed by atoms with Gasteiger partial charge in [0.05, 0.1) is 28.1 Å². The third-order valence-electron chi connectivity index (χ3n) is 4.81. The second-order valence-electron chi connectivity index (χ2n) is 7.36. The van der Waals surface area contributed by atoms with Crippen LogP contribution in [0.2, 0.25) is 4.34 Å². The van der Waals surface area contributed by atoms with E-state index in [1.54, 1.807) is 0 Å². The lowest BCUT2D eigenvalue weighted by Crippen LogP contribution is -2.53. The number of hydrogen-bond donors (Lipinski definition) is 4. The van der Waals surface area contributed by atoms with Gasteiger partial charge in [-0.1, -0.05) is 11.6 Å². The molecule has 1 atom stereocenters. The standard InChI is InChI=1S/C21H21ClF3N5O5S/c22-16-4-3-15(36-16)20(33)26-8-14(29-21(34)27-9-17(24)25)19(32)28-13-2-1-11(7-12(13)23)30-5-6-35-10-18(30)31/h1-4,7,14,17H,5-6,8-10H2,(H,26,33)(H,28,32)(H2,27,29,34)/t14-/m1/s1. The van der Waals surface area contributed by atoms with Gasteiger partial charge in [-0.25, -0.2) is 18.0 Å². The van der Waals surface area contributed by atoms with E-state index in [-0.39, 0.29) is 41.9 Å². The Labute approximate surface area is 212 Å². The Morgan fingerprint density at radius 3 is 2.56 bits per heavy atom. The Hall–Kier alpha value is -3.36. The van der Waals surface area contributed by atoms with Crippen LogP contribution < -0.4 is 26.2 Å². The van der Waals surface area contributed by atoms with Crippen molar-refractivity contribution in [2.75, 3.05) is 43.1 Å². The largest absolute Gasteiger partial charge is 0.370 e. The van der Waals surface area contributed by atoms with Crippen LogP contribution in [0.1, 0.15) is 9.67 Å². The number of anilines is 2. The van der Waals surface area contributed by atoms with Crippen molar-refractivity contribution in [3.8, 4) is 0 Å². The number of halogens is 4. The zero-order valence-corrected chi connectivity index (χ0v) is 20.1. The van der Waals surface area contributed by atoms with Gasteiger partial charge in [0, 0.05) is 18.8 Å². The average Bonchev–Trinajstić information content (AvgIpc) is 3.28. The molecule has 2 aromatic rings. The lowest BCUT2D eigenvalue weighted by molar-refractivity contribution is -0.125. The fourth-order valence-electron chi connectivity index (χ4n) is 3.09. The summed E-state index contributed by atoms with van der Waals surface area (Å²) in [7, 11) is 0. The summed E-state index contributed by atoms with van der Waals surface area (Å²) >= 11 is 6.79. The van der Waals surface area contributed by atoms with E-state index < -0.39 is 49.2 Å². The van der Waals surface area contributed by atoms with Crippen LogP contribution in [0, 0.1) is 5.82 Å². The van der Waals surface area contributed by atoms with Gasteiger partial charge in [0.1, 0.15) is 18.5 Å². The maximum atomic E-state index is 14.7. The summed E-state index contributed by atoms with van der Waals surface area (Å²) in [5.41, 5.74) is 0.00216. The van der Waals surface area contributed by atoms with Crippen molar-refractivity contribution >= 4 is 58.1 Å². The molecule has 5 amide bonds. The highest BCUT2D eigenvalue weighted by atomic mass is 35.5. The summed E-state index contributed by atoms with van der Waals surface area (Å²) in [5.74, 6) is -2.73. The number of urea groups is 1. The van der Waals surface area contributed by atoms with Crippen LogP contribution in [-0.2, 0) is 14.3 Å². The fourth-order valence-corrected chi connectivity index (χ4v) is 4.05. The molecule has 4 N–H and O–H groups in total. The monoisotopic (exact) mass is 547 g/mol. The molecule has 0 radical (unpaired) electrons. The van der Waals surface area contributed by atoms with Crippen molar-refractivity contribution in [2.45, 2.75) is 12.5 Å². The molecule has 36 heavy (non-hydrogen) atoms. The van der Waals surface area contributed by atoms with Crippen LogP contribution in [0.15, 0.2) is 30.3 Å². The van der Waals surface area contributed by atoms with E-state index in [4.69, 9.17) is 16.3 Å². The van der Waals surface area contributed by atoms with Crippen molar-refractivity contribution in [3.63, 3.8) is 0 Å². The number of nitrogens with one attached hydrogen (secondary N) is 4. The number of alkyl halides is 2. The smallest absolute Gasteiger partial charge is 0.315 e. The maximum absolute atomic E-state index is 14.7. The minimum atomic E-state index is -2.82. The lowest BCUT2D eigenvalue weighted by Gasteiger charge is -2.27. The molecular formula is C21H21ClF3N5O5S. The summed E-state index contributed by atoms with van der Waals surface area (Å²) in [6.07, 6.45) is -2.82. The average molecular weight is 548 g/mol. The molecule has 1 aromatic heterocycles. The maximum Gasteiger partial charge on any atom is 0.315 e. The Balaban J connectivity index is 1.69. The van der Waals surface area contributed by atoms with Gasteiger partial charge in [0.2, 0.25) is 5.91 Å². The Kier molecular flexibility index (Phi) is 9.50.